The Morgan fingerprint density at radius 3 is 2.60 bits per heavy atom. The highest BCUT2D eigenvalue weighted by molar-refractivity contribution is 7.75. The van der Waals surface area contributed by atoms with Gasteiger partial charge in [-0.05, 0) is 38.1 Å². The SMILES string of the molecule is C[Si](C)(C)OC[C@H]1O[C@@H](n2cc(-c3cn(Cc4ccccc4)nn3)c(N)nc2=O)C(F)(F)C1OS. The van der Waals surface area contributed by atoms with E-state index in [-0.39, 0.29) is 23.7 Å². The van der Waals surface area contributed by atoms with Crippen molar-refractivity contribution in [1.29, 1.82) is 0 Å². The first-order valence-corrected chi connectivity index (χ1v) is 14.6. The lowest BCUT2D eigenvalue weighted by Gasteiger charge is -2.23. The van der Waals surface area contributed by atoms with Crippen molar-refractivity contribution in [3.63, 3.8) is 0 Å². The van der Waals surface area contributed by atoms with Crippen LogP contribution in [0.4, 0.5) is 14.6 Å². The van der Waals surface area contributed by atoms with E-state index in [1.165, 1.54) is 0 Å². The summed E-state index contributed by atoms with van der Waals surface area (Å²) in [5.41, 5.74) is 6.36. The van der Waals surface area contributed by atoms with Gasteiger partial charge in [0.2, 0.25) is 6.23 Å². The third kappa shape index (κ3) is 5.46. The average Bonchev–Trinajstić information content (AvgIpc) is 3.34. The summed E-state index contributed by atoms with van der Waals surface area (Å²) >= 11 is 3.62. The monoisotopic (exact) mass is 524 g/mol. The highest BCUT2D eigenvalue weighted by Gasteiger charge is 2.61. The normalized spacial score (nSPS) is 21.9. The molecule has 188 valence electrons. The summed E-state index contributed by atoms with van der Waals surface area (Å²) in [6, 6.07) is 9.56. The van der Waals surface area contributed by atoms with Gasteiger partial charge in [0.25, 0.3) is 0 Å². The minimum atomic E-state index is -3.61. The van der Waals surface area contributed by atoms with E-state index in [1.807, 2.05) is 50.0 Å². The lowest BCUT2D eigenvalue weighted by atomic mass is 10.1. The minimum Gasteiger partial charge on any atom is -0.415 e. The third-order valence-electron chi connectivity index (χ3n) is 5.38. The van der Waals surface area contributed by atoms with Gasteiger partial charge in [-0.1, -0.05) is 35.5 Å². The van der Waals surface area contributed by atoms with Gasteiger partial charge >= 0.3 is 11.6 Å². The number of anilines is 1. The minimum absolute atomic E-state index is 0.134. The fourth-order valence-corrected chi connectivity index (χ4v) is 4.62. The van der Waals surface area contributed by atoms with E-state index < -0.39 is 38.4 Å². The lowest BCUT2D eigenvalue weighted by molar-refractivity contribution is -0.134. The Balaban J connectivity index is 1.64. The van der Waals surface area contributed by atoms with E-state index in [2.05, 4.69) is 28.2 Å². The van der Waals surface area contributed by atoms with Crippen molar-refractivity contribution in [2.75, 3.05) is 12.3 Å². The molecule has 1 aliphatic rings. The van der Waals surface area contributed by atoms with Crippen LogP contribution in [0.25, 0.3) is 11.3 Å². The Morgan fingerprint density at radius 1 is 1.23 bits per heavy atom. The number of alkyl halides is 2. The molecule has 0 aliphatic carbocycles. The molecular weight excluding hydrogens is 498 g/mol. The van der Waals surface area contributed by atoms with Gasteiger partial charge in [-0.25, -0.2) is 9.48 Å². The summed E-state index contributed by atoms with van der Waals surface area (Å²) in [6.07, 6.45) is -2.16. The Hall–Kier alpha value is -2.65. The second-order valence-corrected chi connectivity index (χ2v) is 13.9. The zero-order valence-corrected chi connectivity index (χ0v) is 21.2. The van der Waals surface area contributed by atoms with Gasteiger partial charge in [0.1, 0.15) is 17.6 Å². The molecule has 0 saturated carbocycles. The number of hydrogen-bond donors (Lipinski definition) is 2. The van der Waals surface area contributed by atoms with E-state index in [0.717, 1.165) is 11.8 Å². The average molecular weight is 525 g/mol. The van der Waals surface area contributed by atoms with Crippen molar-refractivity contribution < 1.29 is 22.1 Å². The number of nitrogen functional groups attached to an aromatic ring is 1. The van der Waals surface area contributed by atoms with Crippen LogP contribution in [0.5, 0.6) is 0 Å². The first-order chi connectivity index (χ1) is 16.5. The summed E-state index contributed by atoms with van der Waals surface area (Å²) in [4.78, 5) is 16.3. The van der Waals surface area contributed by atoms with Gasteiger partial charge in [-0.3, -0.25) is 4.57 Å². The van der Waals surface area contributed by atoms with Crippen molar-refractivity contribution in [2.24, 2.45) is 0 Å². The molecule has 1 unspecified atom stereocenters. The number of rotatable bonds is 8. The maximum Gasteiger partial charge on any atom is 0.351 e. The fraction of sp³-hybridized carbons (Fsp3) is 0.429. The Kier molecular flexibility index (Phi) is 7.10. The number of ether oxygens (including phenoxy) is 1. The summed E-state index contributed by atoms with van der Waals surface area (Å²) in [6.45, 7) is 6.05. The number of nitrogens with two attached hydrogens (primary N) is 1. The molecule has 2 aromatic heterocycles. The zero-order valence-electron chi connectivity index (χ0n) is 19.3. The molecule has 1 aliphatic heterocycles. The fourth-order valence-electron chi connectivity index (χ4n) is 3.68. The summed E-state index contributed by atoms with van der Waals surface area (Å²) in [5, 5.41) is 8.14. The molecule has 14 heteroatoms. The van der Waals surface area contributed by atoms with Crippen LogP contribution >= 0.6 is 12.9 Å². The predicted molar refractivity (Wildman–Crippen MR) is 129 cm³/mol. The molecule has 0 radical (unpaired) electrons. The Morgan fingerprint density at radius 2 is 1.94 bits per heavy atom. The predicted octanol–water partition coefficient (Wildman–Crippen LogP) is 2.75. The number of nitrogens with zero attached hydrogens (tertiary/aromatic N) is 5. The molecule has 0 spiro atoms. The maximum atomic E-state index is 15.3. The number of thiol groups is 1. The number of halogens is 2. The van der Waals surface area contributed by atoms with Gasteiger partial charge in [0.05, 0.1) is 24.9 Å². The topological polar surface area (TPSA) is 119 Å². The molecule has 3 heterocycles. The lowest BCUT2D eigenvalue weighted by Crippen LogP contribution is -2.43. The van der Waals surface area contributed by atoms with Crippen LogP contribution in [0.1, 0.15) is 11.8 Å². The number of aromatic nitrogens is 5. The van der Waals surface area contributed by atoms with Crippen LogP contribution in [-0.4, -0.2) is 57.6 Å². The molecule has 0 bridgehead atoms. The first-order valence-electron chi connectivity index (χ1n) is 10.8. The second-order valence-electron chi connectivity index (χ2n) is 9.17. The van der Waals surface area contributed by atoms with Crippen molar-refractivity contribution in [3.05, 3.63) is 58.8 Å². The smallest absolute Gasteiger partial charge is 0.351 e. The van der Waals surface area contributed by atoms with Gasteiger partial charge < -0.3 is 19.1 Å². The molecule has 3 aromatic rings. The number of benzene rings is 1. The second kappa shape index (κ2) is 9.77. The first kappa shape index (κ1) is 25.4. The molecule has 1 aromatic carbocycles. The molecule has 0 amide bonds. The molecule has 4 rings (SSSR count). The summed E-state index contributed by atoms with van der Waals surface area (Å²) in [7, 11) is -2.03. The Bertz CT molecular complexity index is 1240. The van der Waals surface area contributed by atoms with E-state index in [1.54, 1.807) is 10.9 Å². The molecule has 1 fully saturated rings. The number of hydrogen-bond acceptors (Lipinski definition) is 9. The van der Waals surface area contributed by atoms with E-state index in [4.69, 9.17) is 19.1 Å². The van der Waals surface area contributed by atoms with Crippen molar-refractivity contribution in [2.45, 2.75) is 50.5 Å². The summed E-state index contributed by atoms with van der Waals surface area (Å²) < 4.78 is 48.9. The molecular formula is C21H26F2N6O4SSi. The van der Waals surface area contributed by atoms with Crippen LogP contribution in [0, 0.1) is 0 Å². The third-order valence-corrected chi connectivity index (χ3v) is 6.64. The highest BCUT2D eigenvalue weighted by atomic mass is 32.1. The zero-order chi connectivity index (χ0) is 25.4. The van der Waals surface area contributed by atoms with Crippen LogP contribution < -0.4 is 11.4 Å². The molecule has 35 heavy (non-hydrogen) atoms. The largest absolute Gasteiger partial charge is 0.415 e. The van der Waals surface area contributed by atoms with Crippen LogP contribution in [0.15, 0.2) is 47.5 Å². The molecule has 3 atom stereocenters. The van der Waals surface area contributed by atoms with Crippen LogP contribution in [0.2, 0.25) is 19.6 Å². The summed E-state index contributed by atoms with van der Waals surface area (Å²) in [5.74, 6) is -3.78. The molecule has 2 N–H and O–H groups in total. The van der Waals surface area contributed by atoms with Gasteiger partial charge in [0.15, 0.2) is 14.4 Å². The van der Waals surface area contributed by atoms with E-state index >= 15 is 8.78 Å². The molecule has 1 saturated heterocycles. The van der Waals surface area contributed by atoms with Crippen molar-refractivity contribution >= 4 is 27.0 Å². The maximum absolute atomic E-state index is 15.3. The highest BCUT2D eigenvalue weighted by Crippen LogP contribution is 2.45. The van der Waals surface area contributed by atoms with Crippen LogP contribution in [-0.2, 0) is 19.9 Å². The van der Waals surface area contributed by atoms with E-state index in [0.29, 0.717) is 11.1 Å². The van der Waals surface area contributed by atoms with Crippen molar-refractivity contribution in [3.8, 4) is 11.3 Å². The van der Waals surface area contributed by atoms with Gasteiger partial charge in [-0.15, -0.1) is 5.10 Å². The quantitative estimate of drug-likeness (QED) is 0.262. The van der Waals surface area contributed by atoms with Gasteiger partial charge in [0, 0.05) is 6.20 Å². The Labute approximate surface area is 206 Å². The molecule has 10 nitrogen and oxygen atoms in total. The van der Waals surface area contributed by atoms with Gasteiger partial charge in [-0.2, -0.15) is 13.8 Å². The van der Waals surface area contributed by atoms with E-state index in [9.17, 15) is 4.79 Å². The standard InChI is InChI=1S/C21H26F2N6O4SSi/c1-35(2,3)31-12-16-17(33-34)21(22,23)19(32-16)29-10-14(18(24)25-20(29)30)15-11-28(27-26-15)9-13-7-5-4-6-8-13/h4-8,10-11,16-17,19,34H,9,12H2,1-3H3,(H2,24,25,30)/t16-,17?,19-/m1/s1. The van der Waals surface area contributed by atoms with Crippen LogP contribution in [0.3, 0.4) is 0 Å². The van der Waals surface area contributed by atoms with Crippen molar-refractivity contribution in [1.82, 2.24) is 24.5 Å².